The van der Waals surface area contributed by atoms with Crippen molar-refractivity contribution in [3.05, 3.63) is 92.3 Å². The summed E-state index contributed by atoms with van der Waals surface area (Å²) in [5.41, 5.74) is 9.21. The Morgan fingerprint density at radius 2 is 1.69 bits per heavy atom. The fourth-order valence-electron chi connectivity index (χ4n) is 6.32. The number of carbonyl (C=O) groups excluding carboxylic acids is 1. The van der Waals surface area contributed by atoms with Crippen LogP contribution in [0.5, 0.6) is 0 Å². The van der Waals surface area contributed by atoms with E-state index in [1.165, 1.54) is 10.8 Å². The number of aromatic amines is 1. The van der Waals surface area contributed by atoms with Crippen molar-refractivity contribution in [2.24, 2.45) is 5.73 Å². The zero-order chi connectivity index (χ0) is 34.3. The van der Waals surface area contributed by atoms with E-state index in [2.05, 4.69) is 53.7 Å². The van der Waals surface area contributed by atoms with Crippen LogP contribution in [0.4, 0.5) is 4.79 Å². The van der Waals surface area contributed by atoms with Crippen molar-refractivity contribution in [1.29, 1.82) is 0 Å². The molecule has 1 saturated heterocycles. The van der Waals surface area contributed by atoms with Gasteiger partial charge in [0.25, 0.3) is 5.56 Å². The molecule has 2 heterocycles. The first kappa shape index (κ1) is 35.4. The number of rotatable bonds is 14. The molecule has 0 radical (unpaired) electrons. The lowest BCUT2D eigenvalue weighted by molar-refractivity contribution is -0.149. The SMILES string of the molecule is CCCCOC[C@@]1(CNC(=S)NC(=O)OCC2c3ccccc3-c3ccccc32)O[C@@H](n2cc(C)c(=O)[nH]c2=O)[C@@H](N)C1OCCCC. The second-order valence-corrected chi connectivity index (χ2v) is 12.7. The van der Waals surface area contributed by atoms with E-state index < -0.39 is 41.3 Å². The molecule has 1 amide bonds. The van der Waals surface area contributed by atoms with Crippen LogP contribution in [0, 0.1) is 6.92 Å². The molecule has 5 N–H and O–H groups in total. The number of aromatic nitrogens is 2. The van der Waals surface area contributed by atoms with E-state index >= 15 is 0 Å². The monoisotopic (exact) mass is 679 g/mol. The maximum atomic E-state index is 13.0. The van der Waals surface area contributed by atoms with Crippen molar-refractivity contribution in [1.82, 2.24) is 20.2 Å². The Balaban J connectivity index is 1.29. The van der Waals surface area contributed by atoms with Crippen LogP contribution in [0.2, 0.25) is 0 Å². The van der Waals surface area contributed by atoms with Gasteiger partial charge in [-0.05, 0) is 54.2 Å². The Morgan fingerprint density at radius 1 is 1.04 bits per heavy atom. The highest BCUT2D eigenvalue weighted by Crippen LogP contribution is 2.44. The molecular weight excluding hydrogens is 634 g/mol. The summed E-state index contributed by atoms with van der Waals surface area (Å²) in [6.45, 7) is 6.85. The van der Waals surface area contributed by atoms with Gasteiger partial charge in [-0.3, -0.25) is 19.7 Å². The summed E-state index contributed by atoms with van der Waals surface area (Å²) in [4.78, 5) is 40.3. The van der Waals surface area contributed by atoms with Crippen molar-refractivity contribution in [2.45, 2.75) is 76.3 Å². The average Bonchev–Trinajstić information content (AvgIpc) is 3.54. The zero-order valence-electron chi connectivity index (χ0n) is 27.7. The molecule has 1 aromatic heterocycles. The van der Waals surface area contributed by atoms with Gasteiger partial charge in [0.2, 0.25) is 0 Å². The molecule has 12 nitrogen and oxygen atoms in total. The number of hydrogen-bond acceptors (Lipinski definition) is 9. The first-order valence-corrected chi connectivity index (χ1v) is 16.9. The standard InChI is InChI=1S/C35H45N5O7S/c1-4-6-16-44-21-35(29(45-17-7-5-2)28(36)31(47-35)40-18-22(3)30(41)38-33(40)42)20-37-32(48)39-34(43)46-19-27-25-14-10-8-12-23(25)24-13-9-11-15-26(24)27/h8-15,18,27-29,31H,4-7,16-17,19-21,36H2,1-3H3,(H,38,41,42)(H2,37,39,43,48)/t28-,29?,31+,35+/m0/s1. The second kappa shape index (κ2) is 16.0. The fraction of sp³-hybridized carbons (Fsp3) is 0.486. The quantitative estimate of drug-likeness (QED) is 0.146. The number of unbranched alkanes of at least 4 members (excludes halogenated alkanes) is 2. The normalized spacial score (nSPS) is 21.5. The number of aryl methyl sites for hydroxylation is 1. The molecule has 0 spiro atoms. The number of H-pyrrole nitrogens is 1. The summed E-state index contributed by atoms with van der Waals surface area (Å²) in [6.07, 6.45) is 2.49. The number of alkyl carbamates (subject to hydrolysis) is 1. The first-order valence-electron chi connectivity index (χ1n) is 16.5. The van der Waals surface area contributed by atoms with Gasteiger partial charge in [-0.15, -0.1) is 0 Å². The maximum absolute atomic E-state index is 13.0. The molecule has 13 heteroatoms. The molecule has 3 aromatic rings. The highest BCUT2D eigenvalue weighted by molar-refractivity contribution is 7.80. The number of benzene rings is 2. The number of ether oxygens (including phenoxy) is 4. The summed E-state index contributed by atoms with van der Waals surface area (Å²) < 4.78 is 25.9. The van der Waals surface area contributed by atoms with Gasteiger partial charge in [0.05, 0.1) is 19.2 Å². The summed E-state index contributed by atoms with van der Waals surface area (Å²) in [5, 5.41) is 5.71. The third-order valence-corrected chi connectivity index (χ3v) is 9.11. The number of thiocarbonyl (C=S) groups is 1. The molecule has 1 aliphatic heterocycles. The van der Waals surface area contributed by atoms with Crippen molar-refractivity contribution in [3.63, 3.8) is 0 Å². The summed E-state index contributed by atoms with van der Waals surface area (Å²) in [5.74, 6) is -0.0977. The minimum absolute atomic E-state index is 0.0186. The Morgan fingerprint density at radius 3 is 2.35 bits per heavy atom. The zero-order valence-corrected chi connectivity index (χ0v) is 28.5. The van der Waals surface area contributed by atoms with E-state index in [0.717, 1.165) is 47.9 Å². The fourth-order valence-corrected chi connectivity index (χ4v) is 6.48. The highest BCUT2D eigenvalue weighted by atomic mass is 32.1. The molecule has 0 saturated carbocycles. The predicted molar refractivity (Wildman–Crippen MR) is 186 cm³/mol. The van der Waals surface area contributed by atoms with Gasteiger partial charge in [0.1, 0.15) is 18.3 Å². The molecular formula is C35H45N5O7S. The lowest BCUT2D eigenvalue weighted by atomic mass is 9.94. The van der Waals surface area contributed by atoms with Gasteiger partial charge in [0, 0.05) is 30.9 Å². The van der Waals surface area contributed by atoms with Gasteiger partial charge in [-0.1, -0.05) is 75.2 Å². The molecule has 5 rings (SSSR count). The van der Waals surface area contributed by atoms with Crippen LogP contribution < -0.4 is 27.6 Å². The molecule has 1 fully saturated rings. The summed E-state index contributed by atoms with van der Waals surface area (Å²) >= 11 is 5.51. The molecule has 2 aromatic carbocycles. The van der Waals surface area contributed by atoms with Gasteiger partial charge >= 0.3 is 11.8 Å². The molecule has 1 unspecified atom stereocenters. The number of carbonyl (C=O) groups is 1. The minimum Gasteiger partial charge on any atom is -0.448 e. The third kappa shape index (κ3) is 7.71. The molecule has 48 heavy (non-hydrogen) atoms. The molecule has 4 atom stereocenters. The van der Waals surface area contributed by atoms with E-state index in [1.54, 1.807) is 6.92 Å². The molecule has 0 bridgehead atoms. The van der Waals surface area contributed by atoms with Crippen LogP contribution in [0.15, 0.2) is 64.3 Å². The number of nitrogens with zero attached hydrogens (tertiary/aromatic N) is 1. The number of amides is 1. The van der Waals surface area contributed by atoms with Crippen molar-refractivity contribution >= 4 is 23.4 Å². The maximum Gasteiger partial charge on any atom is 0.413 e. The van der Waals surface area contributed by atoms with E-state index in [-0.39, 0.29) is 30.8 Å². The van der Waals surface area contributed by atoms with E-state index in [0.29, 0.717) is 18.8 Å². The molecule has 2 aliphatic rings. The molecule has 1 aliphatic carbocycles. The lowest BCUT2D eigenvalue weighted by Crippen LogP contribution is -2.58. The van der Waals surface area contributed by atoms with Crippen LogP contribution in [-0.4, -0.2) is 71.5 Å². The van der Waals surface area contributed by atoms with E-state index in [1.807, 2.05) is 24.3 Å². The predicted octanol–water partition coefficient (Wildman–Crippen LogP) is 3.86. The number of hydrogen-bond donors (Lipinski definition) is 4. The Bertz CT molecular complexity index is 1670. The largest absolute Gasteiger partial charge is 0.448 e. The van der Waals surface area contributed by atoms with Crippen LogP contribution in [0.25, 0.3) is 11.1 Å². The third-order valence-electron chi connectivity index (χ3n) is 8.86. The van der Waals surface area contributed by atoms with Gasteiger partial charge in [-0.2, -0.15) is 0 Å². The van der Waals surface area contributed by atoms with Gasteiger partial charge in [0.15, 0.2) is 11.3 Å². The van der Waals surface area contributed by atoms with Crippen molar-refractivity contribution in [3.8, 4) is 11.1 Å². The van der Waals surface area contributed by atoms with Crippen molar-refractivity contribution in [2.75, 3.05) is 33.0 Å². The van der Waals surface area contributed by atoms with Crippen LogP contribution in [0.1, 0.15) is 68.4 Å². The number of nitrogens with one attached hydrogen (secondary N) is 3. The number of fused-ring (bicyclic) bond motifs is 3. The Labute approximate surface area is 285 Å². The van der Waals surface area contributed by atoms with E-state index in [4.69, 9.17) is 36.9 Å². The second-order valence-electron chi connectivity index (χ2n) is 12.3. The van der Waals surface area contributed by atoms with Gasteiger partial charge in [-0.25, -0.2) is 9.59 Å². The Hall–Kier alpha value is -3.88. The van der Waals surface area contributed by atoms with Crippen LogP contribution in [-0.2, 0) is 18.9 Å². The minimum atomic E-state index is -1.21. The number of nitrogens with two attached hydrogens (primary N) is 1. The smallest absolute Gasteiger partial charge is 0.413 e. The molecule has 258 valence electrons. The summed E-state index contributed by atoms with van der Waals surface area (Å²) in [7, 11) is 0. The average molecular weight is 680 g/mol. The first-order chi connectivity index (χ1) is 23.2. The topological polar surface area (TPSA) is 159 Å². The Kier molecular flexibility index (Phi) is 11.8. The van der Waals surface area contributed by atoms with Crippen LogP contribution >= 0.6 is 12.2 Å². The van der Waals surface area contributed by atoms with Crippen LogP contribution in [0.3, 0.4) is 0 Å². The van der Waals surface area contributed by atoms with Gasteiger partial charge < -0.3 is 30.0 Å². The van der Waals surface area contributed by atoms with E-state index in [9.17, 15) is 14.4 Å². The highest BCUT2D eigenvalue weighted by Gasteiger charge is 2.56. The van der Waals surface area contributed by atoms with Crippen molar-refractivity contribution < 1.29 is 23.7 Å². The summed E-state index contributed by atoms with van der Waals surface area (Å²) in [6, 6.07) is 15.4. The lowest BCUT2D eigenvalue weighted by Gasteiger charge is -2.35.